The van der Waals surface area contributed by atoms with Crippen LogP contribution in [0.5, 0.6) is 0 Å². The lowest BCUT2D eigenvalue weighted by atomic mass is 10.1. The Balaban J connectivity index is 3.10. The van der Waals surface area contributed by atoms with Gasteiger partial charge in [-0.05, 0) is 31.5 Å². The van der Waals surface area contributed by atoms with Crippen molar-refractivity contribution in [2.24, 2.45) is 11.5 Å². The number of sulfonamides is 1. The molecule has 0 aliphatic carbocycles. The molecule has 1 amide bonds. The van der Waals surface area contributed by atoms with Crippen LogP contribution in [0, 0.1) is 6.92 Å². The molecule has 0 heterocycles. The standard InChI is InChI=1S/C11H17N3O3S/c1-7-3-4-9(5-10(7)11(13)15)18(16,17)14-6-8(2)12/h3-5,8,14H,6,12H2,1-2H3,(H2,13,15). The fourth-order valence-electron chi connectivity index (χ4n) is 1.36. The maximum absolute atomic E-state index is 11.9. The largest absolute Gasteiger partial charge is 0.366 e. The average molecular weight is 271 g/mol. The Morgan fingerprint density at radius 3 is 2.56 bits per heavy atom. The highest BCUT2D eigenvalue weighted by Gasteiger charge is 2.17. The van der Waals surface area contributed by atoms with Crippen molar-refractivity contribution in [2.75, 3.05) is 6.54 Å². The number of nitrogens with two attached hydrogens (primary N) is 2. The summed E-state index contributed by atoms with van der Waals surface area (Å²) in [4.78, 5) is 11.2. The van der Waals surface area contributed by atoms with E-state index in [2.05, 4.69) is 4.72 Å². The Kier molecular flexibility index (Phi) is 4.44. The van der Waals surface area contributed by atoms with Crippen LogP contribution in [0.15, 0.2) is 23.1 Å². The Labute approximate surface area is 106 Å². The van der Waals surface area contributed by atoms with Crippen LogP contribution in [0.3, 0.4) is 0 Å². The molecule has 0 saturated heterocycles. The van der Waals surface area contributed by atoms with Gasteiger partial charge < -0.3 is 11.5 Å². The van der Waals surface area contributed by atoms with Gasteiger partial charge >= 0.3 is 0 Å². The molecule has 0 bridgehead atoms. The summed E-state index contributed by atoms with van der Waals surface area (Å²) in [5, 5.41) is 0. The van der Waals surface area contributed by atoms with Crippen LogP contribution in [0.1, 0.15) is 22.8 Å². The molecule has 0 radical (unpaired) electrons. The second-order valence-electron chi connectivity index (χ2n) is 4.17. The third-order valence-electron chi connectivity index (χ3n) is 2.38. The first kappa shape index (κ1) is 14.6. The molecule has 0 saturated carbocycles. The van der Waals surface area contributed by atoms with E-state index in [9.17, 15) is 13.2 Å². The van der Waals surface area contributed by atoms with Crippen molar-refractivity contribution < 1.29 is 13.2 Å². The number of nitrogens with one attached hydrogen (secondary N) is 1. The number of hydrogen-bond donors (Lipinski definition) is 3. The minimum absolute atomic E-state index is 0.00236. The third kappa shape index (κ3) is 3.52. The maximum Gasteiger partial charge on any atom is 0.249 e. The van der Waals surface area contributed by atoms with Crippen molar-refractivity contribution in [2.45, 2.75) is 24.8 Å². The second-order valence-corrected chi connectivity index (χ2v) is 5.94. The highest BCUT2D eigenvalue weighted by Crippen LogP contribution is 2.15. The molecule has 1 rings (SSSR count). The van der Waals surface area contributed by atoms with Gasteiger partial charge in [-0.25, -0.2) is 13.1 Å². The van der Waals surface area contributed by atoms with Gasteiger partial charge in [0.25, 0.3) is 0 Å². The predicted octanol–water partition coefficient (Wildman–Crippen LogP) is -0.281. The number of primary amides is 1. The summed E-state index contributed by atoms with van der Waals surface area (Å²) in [5.74, 6) is -0.656. The highest BCUT2D eigenvalue weighted by atomic mass is 32.2. The van der Waals surface area contributed by atoms with Crippen molar-refractivity contribution in [1.82, 2.24) is 4.72 Å². The second kappa shape index (κ2) is 5.47. The molecule has 1 atom stereocenters. The van der Waals surface area contributed by atoms with Crippen molar-refractivity contribution >= 4 is 15.9 Å². The lowest BCUT2D eigenvalue weighted by molar-refractivity contribution is 0.0999. The van der Waals surface area contributed by atoms with Crippen LogP contribution < -0.4 is 16.2 Å². The van der Waals surface area contributed by atoms with Gasteiger partial charge in [-0.2, -0.15) is 0 Å². The minimum Gasteiger partial charge on any atom is -0.366 e. The lowest BCUT2D eigenvalue weighted by Crippen LogP contribution is -2.35. The summed E-state index contributed by atoms with van der Waals surface area (Å²) < 4.78 is 26.2. The SMILES string of the molecule is Cc1ccc(S(=O)(=O)NCC(C)N)cc1C(N)=O. The molecule has 0 spiro atoms. The smallest absolute Gasteiger partial charge is 0.249 e. The van der Waals surface area contributed by atoms with Crippen LogP contribution in [0.25, 0.3) is 0 Å². The number of amides is 1. The predicted molar refractivity (Wildman–Crippen MR) is 68.5 cm³/mol. The Hall–Kier alpha value is -1.44. The number of carbonyl (C=O) groups excluding carboxylic acids is 1. The molecule has 6 nitrogen and oxygen atoms in total. The van der Waals surface area contributed by atoms with E-state index in [1.165, 1.54) is 12.1 Å². The topological polar surface area (TPSA) is 115 Å². The van der Waals surface area contributed by atoms with Crippen LogP contribution in [-0.4, -0.2) is 26.9 Å². The Morgan fingerprint density at radius 2 is 2.06 bits per heavy atom. The molecule has 0 aromatic heterocycles. The van der Waals surface area contributed by atoms with Crippen molar-refractivity contribution in [3.63, 3.8) is 0 Å². The number of benzene rings is 1. The van der Waals surface area contributed by atoms with E-state index in [0.29, 0.717) is 5.56 Å². The monoisotopic (exact) mass is 271 g/mol. The third-order valence-corrected chi connectivity index (χ3v) is 3.80. The summed E-state index contributed by atoms with van der Waals surface area (Å²) in [6.07, 6.45) is 0. The minimum atomic E-state index is -3.67. The summed E-state index contributed by atoms with van der Waals surface area (Å²) in [6, 6.07) is 3.94. The molecule has 0 aliphatic rings. The molecular formula is C11H17N3O3S. The Bertz CT molecular complexity index is 553. The van der Waals surface area contributed by atoms with E-state index >= 15 is 0 Å². The van der Waals surface area contributed by atoms with Crippen LogP contribution >= 0.6 is 0 Å². The highest BCUT2D eigenvalue weighted by molar-refractivity contribution is 7.89. The normalized spacial score (nSPS) is 13.3. The van der Waals surface area contributed by atoms with Crippen LogP contribution in [-0.2, 0) is 10.0 Å². The maximum atomic E-state index is 11.9. The zero-order chi connectivity index (χ0) is 13.9. The zero-order valence-electron chi connectivity index (χ0n) is 10.3. The van der Waals surface area contributed by atoms with E-state index in [0.717, 1.165) is 0 Å². The molecular weight excluding hydrogens is 254 g/mol. The van der Waals surface area contributed by atoms with Gasteiger partial charge in [0, 0.05) is 18.2 Å². The summed E-state index contributed by atoms with van der Waals surface area (Å²) >= 11 is 0. The molecule has 100 valence electrons. The van der Waals surface area contributed by atoms with Gasteiger partial charge in [0.05, 0.1) is 4.90 Å². The molecule has 0 fully saturated rings. The van der Waals surface area contributed by atoms with E-state index in [1.807, 2.05) is 0 Å². The first-order valence-electron chi connectivity index (χ1n) is 5.39. The van der Waals surface area contributed by atoms with E-state index in [-0.39, 0.29) is 23.0 Å². The summed E-state index contributed by atoms with van der Waals surface area (Å²) in [7, 11) is -3.67. The van der Waals surface area contributed by atoms with Crippen molar-refractivity contribution in [3.8, 4) is 0 Å². The molecule has 1 aromatic carbocycles. The van der Waals surface area contributed by atoms with Gasteiger partial charge in [-0.3, -0.25) is 4.79 Å². The van der Waals surface area contributed by atoms with E-state index < -0.39 is 15.9 Å². The molecule has 18 heavy (non-hydrogen) atoms. The Morgan fingerprint density at radius 1 is 1.44 bits per heavy atom. The number of hydrogen-bond acceptors (Lipinski definition) is 4. The number of rotatable bonds is 5. The van der Waals surface area contributed by atoms with Crippen molar-refractivity contribution in [1.29, 1.82) is 0 Å². The fourth-order valence-corrected chi connectivity index (χ4v) is 2.53. The summed E-state index contributed by atoms with van der Waals surface area (Å²) in [5.41, 5.74) is 11.5. The zero-order valence-corrected chi connectivity index (χ0v) is 11.1. The lowest BCUT2D eigenvalue weighted by Gasteiger charge is -2.10. The first-order valence-corrected chi connectivity index (χ1v) is 6.88. The van der Waals surface area contributed by atoms with Gasteiger partial charge in [-0.15, -0.1) is 0 Å². The van der Waals surface area contributed by atoms with E-state index in [4.69, 9.17) is 11.5 Å². The number of carbonyl (C=O) groups is 1. The van der Waals surface area contributed by atoms with Crippen molar-refractivity contribution in [3.05, 3.63) is 29.3 Å². The number of aryl methyl sites for hydroxylation is 1. The first-order chi connectivity index (χ1) is 8.24. The molecule has 5 N–H and O–H groups in total. The van der Waals surface area contributed by atoms with Gasteiger partial charge in [0.1, 0.15) is 0 Å². The van der Waals surface area contributed by atoms with Gasteiger partial charge in [-0.1, -0.05) is 6.07 Å². The quantitative estimate of drug-likeness (QED) is 0.683. The molecule has 0 aliphatic heterocycles. The van der Waals surface area contributed by atoms with Crippen LogP contribution in [0.2, 0.25) is 0 Å². The summed E-state index contributed by atoms with van der Waals surface area (Å²) in [6.45, 7) is 3.50. The molecule has 7 heteroatoms. The van der Waals surface area contributed by atoms with Gasteiger partial charge in [0.2, 0.25) is 15.9 Å². The van der Waals surface area contributed by atoms with E-state index in [1.54, 1.807) is 19.9 Å². The molecule has 1 aromatic rings. The van der Waals surface area contributed by atoms with Crippen LogP contribution in [0.4, 0.5) is 0 Å². The average Bonchev–Trinajstić information content (AvgIpc) is 2.26. The fraction of sp³-hybridized carbons (Fsp3) is 0.364. The van der Waals surface area contributed by atoms with Gasteiger partial charge in [0.15, 0.2) is 0 Å². The molecule has 1 unspecified atom stereocenters.